The van der Waals surface area contributed by atoms with Gasteiger partial charge in [-0.15, -0.1) is 0 Å². The van der Waals surface area contributed by atoms with Crippen LogP contribution in [0.15, 0.2) is 18.3 Å². The van der Waals surface area contributed by atoms with Crippen molar-refractivity contribution in [3.8, 4) is 5.75 Å². The minimum Gasteiger partial charge on any atom is -0.490 e. The fraction of sp³-hybridized carbons (Fsp3) is 0.500. The molecule has 1 fully saturated rings. The number of likely N-dealkylation sites (tertiary alicyclic amines) is 1. The number of rotatable bonds is 3. The lowest BCUT2D eigenvalue weighted by Gasteiger charge is -2.26. The summed E-state index contributed by atoms with van der Waals surface area (Å²) in [5, 5.41) is 0. The van der Waals surface area contributed by atoms with Gasteiger partial charge in [0.05, 0.1) is 12.3 Å². The molecule has 2 aromatic heterocycles. The predicted octanol–water partition coefficient (Wildman–Crippen LogP) is 2.67. The van der Waals surface area contributed by atoms with Crippen molar-refractivity contribution in [2.45, 2.75) is 33.1 Å². The highest BCUT2D eigenvalue weighted by atomic mass is 16.5. The molecule has 0 aromatic carbocycles. The molecule has 0 atom stereocenters. The number of aryl methyl sites for hydroxylation is 1. The molecule has 0 bridgehead atoms. The predicted molar refractivity (Wildman–Crippen MR) is 80.9 cm³/mol. The smallest absolute Gasteiger partial charge is 0.272 e. The highest BCUT2D eigenvalue weighted by molar-refractivity contribution is 5.95. The first-order valence-electron chi connectivity index (χ1n) is 7.62. The van der Waals surface area contributed by atoms with Gasteiger partial charge in [0.25, 0.3) is 5.91 Å². The molecular weight excluding hydrogens is 266 g/mol. The number of pyridine rings is 1. The molecule has 2 aromatic rings. The summed E-state index contributed by atoms with van der Waals surface area (Å²) in [6, 6.07) is 3.78. The first kappa shape index (κ1) is 13.9. The zero-order valence-electron chi connectivity index (χ0n) is 12.6. The van der Waals surface area contributed by atoms with Crippen molar-refractivity contribution in [2.75, 3.05) is 19.7 Å². The van der Waals surface area contributed by atoms with Crippen molar-refractivity contribution in [2.24, 2.45) is 0 Å². The van der Waals surface area contributed by atoms with Gasteiger partial charge in [0, 0.05) is 19.3 Å². The van der Waals surface area contributed by atoms with E-state index >= 15 is 0 Å². The number of piperidine rings is 1. The normalized spacial score (nSPS) is 15.4. The van der Waals surface area contributed by atoms with Gasteiger partial charge < -0.3 is 9.64 Å². The van der Waals surface area contributed by atoms with Gasteiger partial charge in [0.15, 0.2) is 11.4 Å². The number of aromatic nitrogens is 2. The fourth-order valence-corrected chi connectivity index (χ4v) is 2.93. The highest BCUT2D eigenvalue weighted by Crippen LogP contribution is 2.23. The molecule has 1 aliphatic rings. The van der Waals surface area contributed by atoms with Crippen LogP contribution in [0.1, 0.15) is 42.4 Å². The van der Waals surface area contributed by atoms with Gasteiger partial charge in [-0.1, -0.05) is 0 Å². The molecule has 5 heteroatoms. The summed E-state index contributed by atoms with van der Waals surface area (Å²) in [5.74, 6) is 0.800. The molecule has 1 saturated heterocycles. The summed E-state index contributed by atoms with van der Waals surface area (Å²) in [4.78, 5) is 19.3. The minimum absolute atomic E-state index is 0.0772. The van der Waals surface area contributed by atoms with Gasteiger partial charge in [0.2, 0.25) is 0 Å². The highest BCUT2D eigenvalue weighted by Gasteiger charge is 2.24. The maximum absolute atomic E-state index is 12.8. The Labute approximate surface area is 124 Å². The first-order valence-corrected chi connectivity index (χ1v) is 7.62. The molecule has 0 radical (unpaired) electrons. The second-order valence-electron chi connectivity index (χ2n) is 5.40. The number of carbonyl (C=O) groups is 1. The molecule has 1 amide bonds. The molecule has 112 valence electrons. The van der Waals surface area contributed by atoms with Crippen molar-refractivity contribution in [3.63, 3.8) is 0 Å². The van der Waals surface area contributed by atoms with E-state index in [0.717, 1.165) is 43.0 Å². The van der Waals surface area contributed by atoms with E-state index in [2.05, 4.69) is 4.98 Å². The summed E-state index contributed by atoms with van der Waals surface area (Å²) in [6.45, 7) is 6.10. The van der Waals surface area contributed by atoms with Crippen molar-refractivity contribution >= 4 is 11.6 Å². The molecular formula is C16H21N3O2. The molecule has 0 N–H and O–H groups in total. The summed E-state index contributed by atoms with van der Waals surface area (Å²) < 4.78 is 7.46. The van der Waals surface area contributed by atoms with Crippen LogP contribution in [0.5, 0.6) is 5.75 Å². The number of fused-ring (bicyclic) bond motifs is 1. The summed E-state index contributed by atoms with van der Waals surface area (Å²) in [7, 11) is 0. The lowest BCUT2D eigenvalue weighted by Crippen LogP contribution is -2.36. The van der Waals surface area contributed by atoms with Gasteiger partial charge in [-0.2, -0.15) is 0 Å². The number of amides is 1. The van der Waals surface area contributed by atoms with Gasteiger partial charge >= 0.3 is 0 Å². The molecule has 0 unspecified atom stereocenters. The van der Waals surface area contributed by atoms with E-state index in [0.29, 0.717) is 12.3 Å². The van der Waals surface area contributed by atoms with Crippen molar-refractivity contribution < 1.29 is 9.53 Å². The van der Waals surface area contributed by atoms with Crippen molar-refractivity contribution in [3.05, 3.63) is 29.7 Å². The van der Waals surface area contributed by atoms with Gasteiger partial charge in [0.1, 0.15) is 5.69 Å². The third-order valence-corrected chi connectivity index (χ3v) is 3.93. The maximum atomic E-state index is 12.8. The Bertz CT molecular complexity index is 657. The van der Waals surface area contributed by atoms with E-state index in [1.54, 1.807) is 0 Å². The Kier molecular flexibility index (Phi) is 3.82. The maximum Gasteiger partial charge on any atom is 0.272 e. The largest absolute Gasteiger partial charge is 0.490 e. The SMILES string of the molecule is CCOc1cccn2c(C(=O)N3CCCCC3)c(C)nc12. The quantitative estimate of drug-likeness (QED) is 0.872. The van der Waals surface area contributed by atoms with Crippen LogP contribution < -0.4 is 4.74 Å². The van der Waals surface area contributed by atoms with Crippen molar-refractivity contribution in [1.29, 1.82) is 0 Å². The van der Waals surface area contributed by atoms with Crippen molar-refractivity contribution in [1.82, 2.24) is 14.3 Å². The Hall–Kier alpha value is -2.04. The third kappa shape index (κ3) is 2.48. The second kappa shape index (κ2) is 5.76. The van der Waals surface area contributed by atoms with E-state index in [-0.39, 0.29) is 5.91 Å². The second-order valence-corrected chi connectivity index (χ2v) is 5.40. The third-order valence-electron chi connectivity index (χ3n) is 3.93. The average molecular weight is 287 g/mol. The molecule has 1 aliphatic heterocycles. The number of carbonyl (C=O) groups excluding carboxylic acids is 1. The van der Waals surface area contributed by atoms with Gasteiger partial charge in [-0.25, -0.2) is 4.98 Å². The summed E-state index contributed by atoms with van der Waals surface area (Å²) in [6.07, 6.45) is 5.27. The first-order chi connectivity index (χ1) is 10.2. The Balaban J connectivity index is 2.03. The molecule has 3 rings (SSSR count). The van der Waals surface area contributed by atoms with Crippen LogP contribution in [0.25, 0.3) is 5.65 Å². The zero-order chi connectivity index (χ0) is 14.8. The van der Waals surface area contributed by atoms with E-state index < -0.39 is 0 Å². The van der Waals surface area contributed by atoms with Crippen LogP contribution in [0.3, 0.4) is 0 Å². The Morgan fingerprint density at radius 2 is 2.10 bits per heavy atom. The van der Waals surface area contributed by atoms with Crippen LogP contribution in [0, 0.1) is 6.92 Å². The lowest BCUT2D eigenvalue weighted by molar-refractivity contribution is 0.0716. The lowest BCUT2D eigenvalue weighted by atomic mass is 10.1. The molecule has 3 heterocycles. The van der Waals surface area contributed by atoms with E-state index in [9.17, 15) is 4.79 Å². The van der Waals surface area contributed by atoms with Gasteiger partial charge in [-0.3, -0.25) is 9.20 Å². The number of hydrogen-bond donors (Lipinski definition) is 0. The molecule has 5 nitrogen and oxygen atoms in total. The van der Waals surface area contributed by atoms with E-state index in [1.165, 1.54) is 6.42 Å². The molecule has 21 heavy (non-hydrogen) atoms. The molecule has 0 spiro atoms. The Morgan fingerprint density at radius 3 is 2.81 bits per heavy atom. The zero-order valence-corrected chi connectivity index (χ0v) is 12.6. The number of nitrogens with zero attached hydrogens (tertiary/aromatic N) is 3. The minimum atomic E-state index is 0.0772. The van der Waals surface area contributed by atoms with Crippen LogP contribution in [0.4, 0.5) is 0 Å². The molecule has 0 saturated carbocycles. The van der Waals surface area contributed by atoms with E-state index in [4.69, 9.17) is 4.74 Å². The van der Waals surface area contributed by atoms with Crippen LogP contribution in [0.2, 0.25) is 0 Å². The van der Waals surface area contributed by atoms with E-state index in [1.807, 2.05) is 41.5 Å². The van der Waals surface area contributed by atoms with Gasteiger partial charge in [-0.05, 0) is 45.2 Å². The van der Waals surface area contributed by atoms with Crippen LogP contribution in [-0.4, -0.2) is 39.9 Å². The monoisotopic (exact) mass is 287 g/mol. The van der Waals surface area contributed by atoms with Crippen LogP contribution in [-0.2, 0) is 0 Å². The average Bonchev–Trinajstić information content (AvgIpc) is 2.85. The topological polar surface area (TPSA) is 46.8 Å². The Morgan fingerprint density at radius 1 is 1.33 bits per heavy atom. The number of ether oxygens (including phenoxy) is 1. The molecule has 0 aliphatic carbocycles. The summed E-state index contributed by atoms with van der Waals surface area (Å²) >= 11 is 0. The summed E-state index contributed by atoms with van der Waals surface area (Å²) in [5.41, 5.74) is 2.14. The standard InChI is InChI=1S/C16H21N3O2/c1-3-21-13-8-7-11-19-14(12(2)17-15(13)19)16(20)18-9-5-4-6-10-18/h7-8,11H,3-6,9-10H2,1-2H3. The fourth-order valence-electron chi connectivity index (χ4n) is 2.93. The number of hydrogen-bond acceptors (Lipinski definition) is 3. The van der Waals surface area contributed by atoms with Crippen LogP contribution >= 0.6 is 0 Å². The number of imidazole rings is 1.